The Bertz CT molecular complexity index is 3000. The van der Waals surface area contributed by atoms with Crippen LogP contribution < -0.4 is 0 Å². The number of carbonyl (C=O) groups excluding carboxylic acids is 4. The lowest BCUT2D eigenvalue weighted by atomic mass is 10.1. The molecule has 0 saturated heterocycles. The fourth-order valence-corrected chi connectivity index (χ4v) is 11.2. The highest BCUT2D eigenvalue weighted by Crippen LogP contribution is 2.45. The van der Waals surface area contributed by atoms with Crippen molar-refractivity contribution in [1.82, 2.24) is 0 Å². The van der Waals surface area contributed by atoms with Crippen molar-refractivity contribution in [3.05, 3.63) is 231 Å². The predicted molar refractivity (Wildman–Crippen MR) is 454 cm³/mol. The van der Waals surface area contributed by atoms with E-state index in [0.717, 1.165) is 180 Å². The molecule has 0 aromatic carbocycles. The Balaban J connectivity index is 5.57. The second-order valence-corrected chi connectivity index (χ2v) is 28.8. The van der Waals surface area contributed by atoms with Crippen molar-refractivity contribution >= 4 is 39.5 Å². The molecule has 0 saturated carbocycles. The third kappa shape index (κ3) is 79.2. The molecule has 0 spiro atoms. The standard InChI is InChI=1S/C91H140O17P2/c1-5-9-13-17-21-25-29-33-37-40-42-45-49-52-56-60-64-68-72-76-89(94)102-82-87(108-91(96)78-74-70-66-62-58-54-50-46-43-41-38-34-30-26-22-18-14-10-6-2)84-106-110(99,100)104-80-85(92)79-103-109(97,98)105-83-86(107-90(95)77-73-69-65-61-57-53-47-36-32-28-24-20-16-12-8-4)81-101-88(93)75-71-67-63-59-55-51-48-44-39-35-31-27-23-19-15-11-7-3/h9-16,21-28,33-39,42-43,45-48,51-52,54,56-58,61,69,73,85-87,92H,5-8,17-20,29-32,40-41,44,49-50,53,55,59-60,62-68,70-72,74-84H2,1-4H3,(H,97,98)(H,99,100)/b13-9-,14-10-,15-11-,16-12-,25-21-,26-22-,27-23-,28-24-,37-33-,38-34-,39-35-,45-42-,46-43-,47-36-,51-48-,56-52-,58-54-,61-57-,73-69-. The van der Waals surface area contributed by atoms with E-state index in [4.69, 9.17) is 37.0 Å². The summed E-state index contributed by atoms with van der Waals surface area (Å²) in [5, 5.41) is 10.7. The maximum absolute atomic E-state index is 13.1. The summed E-state index contributed by atoms with van der Waals surface area (Å²) in [5.41, 5.74) is 0. The van der Waals surface area contributed by atoms with Gasteiger partial charge in [-0.15, -0.1) is 0 Å². The Hall–Kier alpha value is -6.88. The van der Waals surface area contributed by atoms with Gasteiger partial charge in [0.1, 0.15) is 19.3 Å². The van der Waals surface area contributed by atoms with Crippen LogP contribution in [0.25, 0.3) is 0 Å². The average Bonchev–Trinajstić information content (AvgIpc) is 0.900. The lowest BCUT2D eigenvalue weighted by Crippen LogP contribution is -2.30. The molecular formula is C91H140O17P2. The van der Waals surface area contributed by atoms with E-state index in [1.54, 1.807) is 12.2 Å². The summed E-state index contributed by atoms with van der Waals surface area (Å²) in [6.45, 7) is 4.15. The molecule has 0 aliphatic carbocycles. The highest BCUT2D eigenvalue weighted by molar-refractivity contribution is 7.47. The summed E-state index contributed by atoms with van der Waals surface area (Å²) in [6.07, 6.45) is 103. The van der Waals surface area contributed by atoms with Gasteiger partial charge in [0.05, 0.1) is 32.8 Å². The molecule has 0 amide bonds. The van der Waals surface area contributed by atoms with E-state index < -0.39 is 97.5 Å². The normalized spacial score (nSPS) is 15.0. The molecule has 0 aliphatic rings. The van der Waals surface area contributed by atoms with E-state index >= 15 is 0 Å². The number of unbranched alkanes of at least 4 members (excludes halogenated alkanes) is 10. The monoisotopic (exact) mass is 1570 g/mol. The van der Waals surface area contributed by atoms with Crippen molar-refractivity contribution in [3.63, 3.8) is 0 Å². The van der Waals surface area contributed by atoms with Gasteiger partial charge < -0.3 is 33.8 Å². The van der Waals surface area contributed by atoms with Gasteiger partial charge in [-0.25, -0.2) is 9.13 Å². The smallest absolute Gasteiger partial charge is 0.462 e. The van der Waals surface area contributed by atoms with Crippen molar-refractivity contribution < 1.29 is 80.2 Å². The van der Waals surface area contributed by atoms with Gasteiger partial charge in [-0.1, -0.05) is 284 Å². The Kier molecular flexibility index (Phi) is 75.2. The van der Waals surface area contributed by atoms with E-state index in [-0.39, 0.29) is 25.7 Å². The van der Waals surface area contributed by atoms with Gasteiger partial charge in [0.25, 0.3) is 0 Å². The summed E-state index contributed by atoms with van der Waals surface area (Å²) in [6, 6.07) is 0. The molecule has 0 aliphatic heterocycles. The van der Waals surface area contributed by atoms with Gasteiger partial charge in [0, 0.05) is 19.3 Å². The fourth-order valence-electron chi connectivity index (χ4n) is 9.63. The van der Waals surface area contributed by atoms with Crippen molar-refractivity contribution in [3.8, 4) is 0 Å². The zero-order chi connectivity index (χ0) is 80.3. The maximum Gasteiger partial charge on any atom is 0.472 e. The van der Waals surface area contributed by atoms with E-state index in [0.29, 0.717) is 25.7 Å². The fraction of sp³-hybridized carbons (Fsp3) is 0.538. The number of aliphatic hydroxyl groups excluding tert-OH is 1. The summed E-state index contributed by atoms with van der Waals surface area (Å²) >= 11 is 0. The van der Waals surface area contributed by atoms with Crippen LogP contribution in [0.1, 0.15) is 259 Å². The first kappa shape index (κ1) is 103. The Morgan fingerprint density at radius 3 is 0.764 bits per heavy atom. The summed E-state index contributed by atoms with van der Waals surface area (Å²) in [5.74, 6) is -2.46. The molecule has 5 unspecified atom stereocenters. The van der Waals surface area contributed by atoms with Gasteiger partial charge in [-0.05, 0) is 180 Å². The van der Waals surface area contributed by atoms with Crippen molar-refractivity contribution in [2.24, 2.45) is 0 Å². The SMILES string of the molecule is CC/C=C\C/C=C\C/C=C\C/C=C\C/C=C\CCCCCC(=O)OCC(COP(=O)(O)OCC(O)COP(=O)(O)OCC(COC(=O)CCCCCC/C=C\C/C=C\C/C=C\C/C=C\CC)OC(=O)C/C=C\C/C=C\C/C=C\C/C=C\C/C=C\CC)OC(=O)CCCCC/C=C\C/C=C\C/C=C\C/C=C\C/C=C\CC. The van der Waals surface area contributed by atoms with Crippen LogP contribution in [-0.4, -0.2) is 96.7 Å². The lowest BCUT2D eigenvalue weighted by molar-refractivity contribution is -0.161. The number of aliphatic hydroxyl groups is 1. The van der Waals surface area contributed by atoms with Gasteiger partial charge >= 0.3 is 39.5 Å². The van der Waals surface area contributed by atoms with Crippen LogP contribution in [0.4, 0.5) is 0 Å². The first-order valence-corrected chi connectivity index (χ1v) is 43.6. The number of esters is 4. The van der Waals surface area contributed by atoms with Crippen molar-refractivity contribution in [2.75, 3.05) is 39.6 Å². The Morgan fingerprint density at radius 1 is 0.264 bits per heavy atom. The molecule has 616 valence electrons. The van der Waals surface area contributed by atoms with Gasteiger partial charge in [0.15, 0.2) is 12.2 Å². The molecule has 0 radical (unpaired) electrons. The average molecular weight is 1570 g/mol. The topological polar surface area (TPSA) is 237 Å². The molecule has 110 heavy (non-hydrogen) atoms. The summed E-state index contributed by atoms with van der Waals surface area (Å²) in [4.78, 5) is 73.1. The minimum absolute atomic E-state index is 0.0340. The highest BCUT2D eigenvalue weighted by Gasteiger charge is 2.30. The number of rotatable bonds is 73. The second kappa shape index (κ2) is 80.2. The third-order valence-electron chi connectivity index (χ3n) is 15.6. The van der Waals surface area contributed by atoms with Crippen LogP contribution >= 0.6 is 15.6 Å². The number of carbonyl (C=O) groups is 4. The van der Waals surface area contributed by atoms with Crippen LogP contribution in [0, 0.1) is 0 Å². The number of phosphoric acid groups is 2. The first-order chi connectivity index (χ1) is 53.7. The molecular weight excluding hydrogens is 1430 g/mol. The van der Waals surface area contributed by atoms with Crippen LogP contribution in [0.5, 0.6) is 0 Å². The predicted octanol–water partition coefficient (Wildman–Crippen LogP) is 24.2. The largest absolute Gasteiger partial charge is 0.472 e. The van der Waals surface area contributed by atoms with E-state index in [1.807, 2.05) is 12.2 Å². The molecule has 19 heteroatoms. The Labute approximate surface area is 664 Å². The summed E-state index contributed by atoms with van der Waals surface area (Å²) < 4.78 is 68.5. The van der Waals surface area contributed by atoms with E-state index in [2.05, 4.69) is 234 Å². The van der Waals surface area contributed by atoms with E-state index in [9.17, 15) is 43.2 Å². The van der Waals surface area contributed by atoms with Crippen LogP contribution in [-0.2, 0) is 65.4 Å². The van der Waals surface area contributed by atoms with Crippen LogP contribution in [0.15, 0.2) is 231 Å². The number of ether oxygens (including phenoxy) is 4. The van der Waals surface area contributed by atoms with Crippen LogP contribution in [0.3, 0.4) is 0 Å². The quantitative estimate of drug-likeness (QED) is 0.0169. The van der Waals surface area contributed by atoms with Crippen LogP contribution in [0.2, 0.25) is 0 Å². The molecule has 0 heterocycles. The highest BCUT2D eigenvalue weighted by atomic mass is 31.2. The molecule has 3 N–H and O–H groups in total. The van der Waals surface area contributed by atoms with Crippen molar-refractivity contribution in [2.45, 2.75) is 277 Å². The molecule has 0 rings (SSSR count). The minimum Gasteiger partial charge on any atom is -0.462 e. The molecule has 0 fully saturated rings. The molecule has 5 atom stereocenters. The van der Waals surface area contributed by atoms with Gasteiger partial charge in [-0.2, -0.15) is 0 Å². The molecule has 0 aromatic rings. The third-order valence-corrected chi connectivity index (χ3v) is 17.5. The van der Waals surface area contributed by atoms with Gasteiger partial charge in [0.2, 0.25) is 0 Å². The van der Waals surface area contributed by atoms with Gasteiger partial charge in [-0.3, -0.25) is 37.3 Å². The van der Waals surface area contributed by atoms with Crippen molar-refractivity contribution in [1.29, 1.82) is 0 Å². The van der Waals surface area contributed by atoms with E-state index in [1.165, 1.54) is 0 Å². The lowest BCUT2D eigenvalue weighted by Gasteiger charge is -2.21. The second-order valence-electron chi connectivity index (χ2n) is 25.8. The number of hydrogen-bond donors (Lipinski definition) is 3. The zero-order valence-corrected chi connectivity index (χ0v) is 69.1. The first-order valence-electron chi connectivity index (χ1n) is 40.6. The zero-order valence-electron chi connectivity index (χ0n) is 67.3. The molecule has 17 nitrogen and oxygen atoms in total. The number of phosphoric ester groups is 2. The number of hydrogen-bond acceptors (Lipinski definition) is 15. The Morgan fingerprint density at radius 2 is 0.482 bits per heavy atom. The molecule has 0 aromatic heterocycles. The maximum atomic E-state index is 13.1. The minimum atomic E-state index is -5.03. The number of allylic oxidation sites excluding steroid dienone is 37. The molecule has 0 bridgehead atoms. The summed E-state index contributed by atoms with van der Waals surface area (Å²) in [7, 11) is -10.1.